The second-order valence-electron chi connectivity index (χ2n) is 5.97. The normalized spacial score (nSPS) is 30.8. The molecule has 0 saturated carbocycles. The van der Waals surface area contributed by atoms with Gasteiger partial charge in [0.1, 0.15) is 6.04 Å². The van der Waals surface area contributed by atoms with Crippen LogP contribution in [0.5, 0.6) is 0 Å². The number of likely N-dealkylation sites (tertiary alicyclic amines) is 2. The molecule has 6 nitrogen and oxygen atoms in total. The molecule has 2 heterocycles. The Balaban J connectivity index is 2.06. The predicted octanol–water partition coefficient (Wildman–Crippen LogP) is -0.215. The van der Waals surface area contributed by atoms with Crippen LogP contribution in [0.4, 0.5) is 0 Å². The quantitative estimate of drug-likeness (QED) is 0.719. The first kappa shape index (κ1) is 15.3. The molecule has 2 aliphatic heterocycles. The fourth-order valence-corrected chi connectivity index (χ4v) is 3.19. The summed E-state index contributed by atoms with van der Waals surface area (Å²) in [6, 6.07) is -0.442. The molecule has 2 fully saturated rings. The Labute approximate surface area is 120 Å². The average molecular weight is 283 g/mol. The van der Waals surface area contributed by atoms with Crippen molar-refractivity contribution in [1.82, 2.24) is 14.7 Å². The Morgan fingerprint density at radius 1 is 1.25 bits per heavy atom. The summed E-state index contributed by atoms with van der Waals surface area (Å²) in [6.07, 6.45) is 2.50. The third-order valence-corrected chi connectivity index (χ3v) is 4.39. The molecule has 2 rings (SSSR count). The Hall–Kier alpha value is -1.14. The lowest BCUT2D eigenvalue weighted by Gasteiger charge is -2.30. The first-order valence-corrected chi connectivity index (χ1v) is 7.20. The van der Waals surface area contributed by atoms with Crippen LogP contribution in [0.25, 0.3) is 0 Å². The highest BCUT2D eigenvalue weighted by Gasteiger charge is 2.42. The Kier molecular flexibility index (Phi) is 4.65. The second kappa shape index (κ2) is 6.10. The molecule has 0 aromatic heterocycles. The molecular weight excluding hydrogens is 258 g/mol. The topological polar surface area (TPSA) is 53.1 Å². The molecule has 2 amide bonds. The van der Waals surface area contributed by atoms with Crippen molar-refractivity contribution < 1.29 is 14.3 Å². The molecule has 20 heavy (non-hydrogen) atoms. The van der Waals surface area contributed by atoms with Crippen molar-refractivity contribution in [3.63, 3.8) is 0 Å². The fourth-order valence-electron chi connectivity index (χ4n) is 3.19. The number of nitrogens with zero attached hydrogens (tertiary/aromatic N) is 3. The Morgan fingerprint density at radius 3 is 2.50 bits per heavy atom. The van der Waals surface area contributed by atoms with Crippen molar-refractivity contribution in [2.75, 3.05) is 41.3 Å². The molecular formula is C14H25N3O3. The number of carbonyl (C=O) groups is 2. The molecule has 0 aliphatic carbocycles. The largest absolute Gasteiger partial charge is 0.380 e. The lowest BCUT2D eigenvalue weighted by atomic mass is 10.1. The molecule has 0 aromatic carbocycles. The van der Waals surface area contributed by atoms with E-state index in [0.29, 0.717) is 13.0 Å². The molecule has 0 radical (unpaired) electrons. The van der Waals surface area contributed by atoms with Gasteiger partial charge in [0.25, 0.3) is 0 Å². The Bertz CT molecular complexity index is 386. The number of amides is 2. The standard InChI is InChI=1S/C14H25N3O3/c1-15(2)13(18)11-6-5-7-17(11)14(19)12-8-10(20-4)9-16(12)3/h10-12H,5-9H2,1-4H3/t10-,11?,12-/m0/s1. The number of methoxy groups -OCH3 is 1. The maximum Gasteiger partial charge on any atom is 0.244 e. The van der Waals surface area contributed by atoms with E-state index in [9.17, 15) is 9.59 Å². The van der Waals surface area contributed by atoms with Crippen molar-refractivity contribution in [3.05, 3.63) is 0 Å². The van der Waals surface area contributed by atoms with Crippen LogP contribution in [0.3, 0.4) is 0 Å². The van der Waals surface area contributed by atoms with E-state index in [2.05, 4.69) is 0 Å². The number of rotatable bonds is 3. The van der Waals surface area contributed by atoms with Gasteiger partial charge in [-0.15, -0.1) is 0 Å². The smallest absolute Gasteiger partial charge is 0.244 e. The average Bonchev–Trinajstić information content (AvgIpc) is 3.03. The third-order valence-electron chi connectivity index (χ3n) is 4.39. The number of likely N-dealkylation sites (N-methyl/N-ethyl adjacent to an activating group) is 2. The van der Waals surface area contributed by atoms with Crippen LogP contribution in [-0.2, 0) is 14.3 Å². The van der Waals surface area contributed by atoms with Crippen molar-refractivity contribution in [3.8, 4) is 0 Å². The van der Waals surface area contributed by atoms with Gasteiger partial charge in [-0.1, -0.05) is 0 Å². The molecule has 0 bridgehead atoms. The monoisotopic (exact) mass is 283 g/mol. The molecule has 6 heteroatoms. The highest BCUT2D eigenvalue weighted by molar-refractivity contribution is 5.90. The number of ether oxygens (including phenoxy) is 1. The SMILES string of the molecule is CO[C@H]1C[C@@H](C(=O)N2CCCC2C(=O)N(C)C)N(C)C1. The van der Waals surface area contributed by atoms with Gasteiger partial charge >= 0.3 is 0 Å². The maximum atomic E-state index is 12.7. The van der Waals surface area contributed by atoms with E-state index >= 15 is 0 Å². The van der Waals surface area contributed by atoms with E-state index in [4.69, 9.17) is 4.74 Å². The van der Waals surface area contributed by atoms with Gasteiger partial charge in [0.15, 0.2) is 0 Å². The van der Waals surface area contributed by atoms with Crippen molar-refractivity contribution in [1.29, 1.82) is 0 Å². The maximum absolute atomic E-state index is 12.7. The third kappa shape index (κ3) is 2.81. The zero-order valence-corrected chi connectivity index (χ0v) is 12.8. The Morgan fingerprint density at radius 2 is 1.95 bits per heavy atom. The van der Waals surface area contributed by atoms with E-state index in [1.807, 2.05) is 11.9 Å². The summed E-state index contributed by atoms with van der Waals surface area (Å²) in [5, 5.41) is 0. The highest BCUT2D eigenvalue weighted by Crippen LogP contribution is 2.25. The summed E-state index contributed by atoms with van der Waals surface area (Å²) >= 11 is 0. The van der Waals surface area contributed by atoms with Crippen LogP contribution in [0, 0.1) is 0 Å². The minimum atomic E-state index is -0.285. The summed E-state index contributed by atoms with van der Waals surface area (Å²) in [4.78, 5) is 30.3. The molecule has 1 unspecified atom stereocenters. The lowest BCUT2D eigenvalue weighted by molar-refractivity contribution is -0.144. The van der Waals surface area contributed by atoms with Gasteiger partial charge in [-0.3, -0.25) is 14.5 Å². The van der Waals surface area contributed by atoms with Crippen molar-refractivity contribution >= 4 is 11.8 Å². The number of hydrogen-bond donors (Lipinski definition) is 0. The molecule has 2 saturated heterocycles. The van der Waals surface area contributed by atoms with Gasteiger partial charge in [-0.2, -0.15) is 0 Å². The van der Waals surface area contributed by atoms with Gasteiger partial charge in [0.05, 0.1) is 12.1 Å². The van der Waals surface area contributed by atoms with Crippen molar-refractivity contribution in [2.24, 2.45) is 0 Å². The van der Waals surface area contributed by atoms with Gasteiger partial charge in [-0.05, 0) is 26.3 Å². The van der Waals surface area contributed by atoms with Crippen LogP contribution in [0.1, 0.15) is 19.3 Å². The molecule has 3 atom stereocenters. The molecule has 2 aliphatic rings. The summed E-state index contributed by atoms with van der Waals surface area (Å²) in [7, 11) is 7.11. The van der Waals surface area contributed by atoms with Crippen LogP contribution >= 0.6 is 0 Å². The molecule has 0 N–H and O–H groups in total. The molecule has 0 aromatic rings. The number of carbonyl (C=O) groups excluding carboxylic acids is 2. The van der Waals surface area contributed by atoms with Crippen LogP contribution < -0.4 is 0 Å². The van der Waals surface area contributed by atoms with E-state index in [0.717, 1.165) is 19.4 Å². The van der Waals surface area contributed by atoms with E-state index < -0.39 is 0 Å². The van der Waals surface area contributed by atoms with Crippen LogP contribution in [0.15, 0.2) is 0 Å². The zero-order valence-electron chi connectivity index (χ0n) is 12.8. The van der Waals surface area contributed by atoms with Crippen molar-refractivity contribution in [2.45, 2.75) is 37.5 Å². The summed E-state index contributed by atoms with van der Waals surface area (Å²) in [5.41, 5.74) is 0. The first-order chi connectivity index (χ1) is 9.45. The van der Waals surface area contributed by atoms with Gasteiger partial charge in [0.2, 0.25) is 11.8 Å². The highest BCUT2D eigenvalue weighted by atomic mass is 16.5. The predicted molar refractivity (Wildman–Crippen MR) is 75.3 cm³/mol. The summed E-state index contributed by atoms with van der Waals surface area (Å²) in [6.45, 7) is 1.46. The van der Waals surface area contributed by atoms with E-state index in [1.165, 1.54) is 0 Å². The van der Waals surface area contributed by atoms with Gasteiger partial charge in [-0.25, -0.2) is 0 Å². The minimum Gasteiger partial charge on any atom is -0.380 e. The van der Waals surface area contributed by atoms with Crippen LogP contribution in [-0.4, -0.2) is 86.0 Å². The minimum absolute atomic E-state index is 0.0276. The van der Waals surface area contributed by atoms with Crippen LogP contribution in [0.2, 0.25) is 0 Å². The second-order valence-corrected chi connectivity index (χ2v) is 5.97. The zero-order chi connectivity index (χ0) is 14.9. The van der Waals surface area contributed by atoms with Gasteiger partial charge < -0.3 is 14.5 Å². The fraction of sp³-hybridized carbons (Fsp3) is 0.857. The molecule has 0 spiro atoms. The molecule has 114 valence electrons. The summed E-state index contributed by atoms with van der Waals surface area (Å²) < 4.78 is 5.35. The van der Waals surface area contributed by atoms with E-state index in [-0.39, 0.29) is 30.0 Å². The number of hydrogen-bond acceptors (Lipinski definition) is 4. The van der Waals surface area contributed by atoms with Gasteiger partial charge in [0, 0.05) is 34.3 Å². The first-order valence-electron chi connectivity index (χ1n) is 7.20. The lowest BCUT2D eigenvalue weighted by Crippen LogP contribution is -2.51. The summed E-state index contributed by atoms with van der Waals surface area (Å²) in [5.74, 6) is 0.101. The van der Waals surface area contributed by atoms with E-state index in [1.54, 1.807) is 31.0 Å².